The lowest BCUT2D eigenvalue weighted by Gasteiger charge is -2.18. The van der Waals surface area contributed by atoms with Gasteiger partial charge in [-0.15, -0.1) is 0 Å². The molecule has 0 radical (unpaired) electrons. The summed E-state index contributed by atoms with van der Waals surface area (Å²) in [5.74, 6) is -0.825. The molecular formula is C73H140O6. The summed E-state index contributed by atoms with van der Waals surface area (Å²) in [6.07, 6.45) is 82.4. The number of allylic oxidation sites excluding steroid dienone is 2. The van der Waals surface area contributed by atoms with E-state index < -0.39 is 6.10 Å². The van der Waals surface area contributed by atoms with Crippen LogP contribution in [0.3, 0.4) is 0 Å². The highest BCUT2D eigenvalue weighted by atomic mass is 16.6. The summed E-state index contributed by atoms with van der Waals surface area (Å²) < 4.78 is 17.0. The van der Waals surface area contributed by atoms with Gasteiger partial charge >= 0.3 is 17.9 Å². The molecule has 0 fully saturated rings. The zero-order chi connectivity index (χ0) is 57.1. The number of rotatable bonds is 68. The Morgan fingerprint density at radius 2 is 0.418 bits per heavy atom. The summed E-state index contributed by atoms with van der Waals surface area (Å²) in [4.78, 5) is 38.5. The third kappa shape index (κ3) is 66.8. The fraction of sp³-hybridized carbons (Fsp3) is 0.932. The molecule has 468 valence electrons. The predicted molar refractivity (Wildman–Crippen MR) is 344 cm³/mol. The van der Waals surface area contributed by atoms with Gasteiger partial charge in [-0.05, 0) is 44.9 Å². The summed E-state index contributed by atoms with van der Waals surface area (Å²) in [5.41, 5.74) is 0. The molecule has 6 heteroatoms. The Kier molecular flexibility index (Phi) is 67.0. The van der Waals surface area contributed by atoms with E-state index >= 15 is 0 Å². The molecule has 0 aromatic rings. The van der Waals surface area contributed by atoms with Crippen molar-refractivity contribution >= 4 is 17.9 Å². The van der Waals surface area contributed by atoms with Gasteiger partial charge in [-0.25, -0.2) is 0 Å². The smallest absolute Gasteiger partial charge is 0.306 e. The Morgan fingerprint density at radius 3 is 0.633 bits per heavy atom. The maximum absolute atomic E-state index is 13.0. The van der Waals surface area contributed by atoms with Crippen LogP contribution in [0.5, 0.6) is 0 Å². The molecule has 1 unspecified atom stereocenters. The molecule has 6 nitrogen and oxygen atoms in total. The molecule has 0 saturated carbocycles. The number of hydrogen-bond donors (Lipinski definition) is 0. The van der Waals surface area contributed by atoms with Gasteiger partial charge in [-0.1, -0.05) is 367 Å². The van der Waals surface area contributed by atoms with Crippen LogP contribution in [0.4, 0.5) is 0 Å². The first kappa shape index (κ1) is 77.2. The molecule has 0 heterocycles. The van der Waals surface area contributed by atoms with Crippen LogP contribution in [0.2, 0.25) is 0 Å². The average molecular weight is 1110 g/mol. The van der Waals surface area contributed by atoms with Crippen molar-refractivity contribution in [3.05, 3.63) is 12.2 Å². The topological polar surface area (TPSA) is 78.9 Å². The molecule has 1 atom stereocenters. The van der Waals surface area contributed by atoms with E-state index in [4.69, 9.17) is 14.2 Å². The lowest BCUT2D eigenvalue weighted by atomic mass is 10.0. The van der Waals surface area contributed by atoms with Crippen molar-refractivity contribution in [3.8, 4) is 0 Å². The lowest BCUT2D eigenvalue weighted by Crippen LogP contribution is -2.30. The van der Waals surface area contributed by atoms with E-state index in [1.807, 2.05) is 0 Å². The Bertz CT molecular complexity index is 1230. The third-order valence-corrected chi connectivity index (χ3v) is 16.8. The number of ether oxygens (including phenoxy) is 3. The largest absolute Gasteiger partial charge is 0.462 e. The highest BCUT2D eigenvalue weighted by Crippen LogP contribution is 2.19. The van der Waals surface area contributed by atoms with E-state index in [0.29, 0.717) is 19.3 Å². The maximum Gasteiger partial charge on any atom is 0.306 e. The average Bonchev–Trinajstić information content (AvgIpc) is 3.45. The number of carbonyl (C=O) groups excluding carboxylic acids is 3. The molecule has 0 amide bonds. The molecule has 0 aliphatic heterocycles. The van der Waals surface area contributed by atoms with Gasteiger partial charge in [0.15, 0.2) is 6.10 Å². The first-order chi connectivity index (χ1) is 39.0. The van der Waals surface area contributed by atoms with Crippen molar-refractivity contribution in [2.24, 2.45) is 0 Å². The first-order valence-electron chi connectivity index (χ1n) is 36.2. The third-order valence-electron chi connectivity index (χ3n) is 16.8. The van der Waals surface area contributed by atoms with Crippen molar-refractivity contribution in [2.45, 2.75) is 425 Å². The van der Waals surface area contributed by atoms with E-state index in [9.17, 15) is 14.4 Å². The van der Waals surface area contributed by atoms with Gasteiger partial charge in [0.05, 0.1) is 0 Å². The van der Waals surface area contributed by atoms with Crippen LogP contribution in [-0.4, -0.2) is 37.2 Å². The van der Waals surface area contributed by atoms with Crippen LogP contribution >= 0.6 is 0 Å². The highest BCUT2D eigenvalue weighted by Gasteiger charge is 2.20. The number of esters is 3. The summed E-state index contributed by atoms with van der Waals surface area (Å²) in [7, 11) is 0. The second-order valence-electron chi connectivity index (χ2n) is 24.9. The minimum absolute atomic E-state index is 0.0626. The van der Waals surface area contributed by atoms with E-state index in [1.165, 1.54) is 321 Å². The van der Waals surface area contributed by atoms with Crippen LogP contribution in [0.15, 0.2) is 12.2 Å². The molecule has 0 spiro atoms. The molecule has 0 rings (SSSR count). The van der Waals surface area contributed by atoms with Crippen molar-refractivity contribution in [3.63, 3.8) is 0 Å². The maximum atomic E-state index is 13.0. The molecule has 0 aromatic carbocycles. The number of hydrogen-bond acceptors (Lipinski definition) is 6. The van der Waals surface area contributed by atoms with Gasteiger partial charge in [-0.3, -0.25) is 14.4 Å². The Labute approximate surface area is 494 Å². The molecule has 0 aromatic heterocycles. The van der Waals surface area contributed by atoms with Crippen LogP contribution in [0.1, 0.15) is 419 Å². The first-order valence-corrected chi connectivity index (χ1v) is 36.2. The minimum atomic E-state index is -0.767. The van der Waals surface area contributed by atoms with Gasteiger partial charge in [0, 0.05) is 19.3 Å². The number of unbranched alkanes of at least 4 members (excludes halogenated alkanes) is 55. The second kappa shape index (κ2) is 68.6. The van der Waals surface area contributed by atoms with Crippen molar-refractivity contribution in [1.29, 1.82) is 0 Å². The van der Waals surface area contributed by atoms with E-state index in [-0.39, 0.29) is 31.1 Å². The second-order valence-corrected chi connectivity index (χ2v) is 24.9. The van der Waals surface area contributed by atoms with E-state index in [1.54, 1.807) is 0 Å². The SMILES string of the molecule is CCCCCCCCCC/C=C\CCCCCCCCCCCCCC(=O)OCC(COC(=O)CCCCCCCCCCCCCCCCCC)OC(=O)CCCCCCCCCCCCCCCCCCCCCCCC. The van der Waals surface area contributed by atoms with Gasteiger partial charge in [-0.2, -0.15) is 0 Å². The molecule has 0 bridgehead atoms. The molecule has 0 saturated heterocycles. The van der Waals surface area contributed by atoms with Crippen LogP contribution in [-0.2, 0) is 28.6 Å². The van der Waals surface area contributed by atoms with Crippen LogP contribution < -0.4 is 0 Å². The fourth-order valence-electron chi connectivity index (χ4n) is 11.3. The van der Waals surface area contributed by atoms with Crippen molar-refractivity contribution in [1.82, 2.24) is 0 Å². The molecule has 0 N–H and O–H groups in total. The van der Waals surface area contributed by atoms with Gasteiger partial charge in [0.25, 0.3) is 0 Å². The Morgan fingerprint density at radius 1 is 0.241 bits per heavy atom. The molecular weight excluding hydrogens is 973 g/mol. The normalized spacial score (nSPS) is 12.0. The standard InChI is InChI=1S/C73H140O6/c1-4-7-10-13-16-19-22-25-28-31-33-35-37-39-40-42-45-48-51-54-57-60-63-66-72(75)78-69-70(68-77-71(74)65-62-59-56-53-50-47-44-30-27-24-21-18-15-12-9-6-3)79-73(76)67-64-61-58-55-52-49-46-43-41-38-36-34-32-29-26-23-20-17-14-11-8-5-2/h31,33,70H,4-30,32,34-69H2,1-3H3/b33-31-. The Hall–Kier alpha value is -1.85. The zero-order valence-corrected chi connectivity index (χ0v) is 53.9. The highest BCUT2D eigenvalue weighted by molar-refractivity contribution is 5.71. The minimum Gasteiger partial charge on any atom is -0.462 e. The summed E-state index contributed by atoms with van der Waals surface area (Å²) in [6, 6.07) is 0. The quantitative estimate of drug-likeness (QED) is 0.0261. The Balaban J connectivity index is 4.26. The molecule has 0 aliphatic carbocycles. The summed E-state index contributed by atoms with van der Waals surface area (Å²) in [6.45, 7) is 6.74. The van der Waals surface area contributed by atoms with E-state index in [0.717, 1.165) is 57.8 Å². The van der Waals surface area contributed by atoms with E-state index in [2.05, 4.69) is 32.9 Å². The molecule has 79 heavy (non-hydrogen) atoms. The van der Waals surface area contributed by atoms with Crippen LogP contribution in [0, 0.1) is 0 Å². The van der Waals surface area contributed by atoms with Crippen molar-refractivity contribution < 1.29 is 28.6 Å². The van der Waals surface area contributed by atoms with Gasteiger partial charge < -0.3 is 14.2 Å². The van der Waals surface area contributed by atoms with Gasteiger partial charge in [0.1, 0.15) is 13.2 Å². The van der Waals surface area contributed by atoms with Gasteiger partial charge in [0.2, 0.25) is 0 Å². The monoisotopic (exact) mass is 1110 g/mol. The lowest BCUT2D eigenvalue weighted by molar-refractivity contribution is -0.167. The van der Waals surface area contributed by atoms with Crippen molar-refractivity contribution in [2.75, 3.05) is 13.2 Å². The zero-order valence-electron chi connectivity index (χ0n) is 53.9. The predicted octanol–water partition coefficient (Wildman–Crippen LogP) is 24.8. The van der Waals surface area contributed by atoms with Crippen LogP contribution in [0.25, 0.3) is 0 Å². The summed E-state index contributed by atoms with van der Waals surface area (Å²) >= 11 is 0. The summed E-state index contributed by atoms with van der Waals surface area (Å²) in [5, 5.41) is 0. The fourth-order valence-corrected chi connectivity index (χ4v) is 11.3. The number of carbonyl (C=O) groups is 3. The molecule has 0 aliphatic rings.